The van der Waals surface area contributed by atoms with Gasteiger partial charge >= 0.3 is 0 Å². The lowest BCUT2D eigenvalue weighted by molar-refractivity contribution is 0.0820. The predicted octanol–water partition coefficient (Wildman–Crippen LogP) is 2.82. The quantitative estimate of drug-likeness (QED) is 0.720. The minimum Gasteiger partial charge on any atom is -0.491 e. The van der Waals surface area contributed by atoms with Crippen molar-refractivity contribution in [2.75, 3.05) is 13.2 Å². The number of furan rings is 1. The van der Waals surface area contributed by atoms with Crippen LogP contribution in [0.15, 0.2) is 40.9 Å². The van der Waals surface area contributed by atoms with Crippen molar-refractivity contribution < 1.29 is 24.2 Å². The van der Waals surface area contributed by atoms with Crippen LogP contribution >= 0.6 is 0 Å². The van der Waals surface area contributed by atoms with Crippen molar-refractivity contribution in [3.63, 3.8) is 0 Å². The van der Waals surface area contributed by atoms with Crippen molar-refractivity contribution >= 4 is 16.9 Å². The summed E-state index contributed by atoms with van der Waals surface area (Å²) in [6.07, 6.45) is 1.17. The number of carbonyl (C=O) groups is 1. The Hall–Kier alpha value is -2.70. The van der Waals surface area contributed by atoms with Crippen molar-refractivity contribution in [1.82, 2.24) is 4.98 Å². The van der Waals surface area contributed by atoms with Crippen molar-refractivity contribution in [2.24, 2.45) is 0 Å². The highest BCUT2D eigenvalue weighted by Gasteiger charge is 2.42. The van der Waals surface area contributed by atoms with Crippen LogP contribution in [0.25, 0.3) is 11.1 Å². The molecule has 0 fully saturated rings. The molecule has 2 heterocycles. The largest absolute Gasteiger partial charge is 0.491 e. The molecule has 0 spiro atoms. The second-order valence-corrected chi connectivity index (χ2v) is 7.29. The first kappa shape index (κ1) is 17.7. The van der Waals surface area contributed by atoms with Gasteiger partial charge in [0.25, 0.3) is 0 Å². The van der Waals surface area contributed by atoms with Crippen LogP contribution < -0.4 is 4.74 Å². The number of pyridine rings is 1. The number of aromatic nitrogens is 1. The van der Waals surface area contributed by atoms with Crippen LogP contribution in [-0.2, 0) is 5.41 Å². The molecule has 0 bridgehead atoms. The van der Waals surface area contributed by atoms with Crippen LogP contribution in [0.2, 0.25) is 0 Å². The van der Waals surface area contributed by atoms with Gasteiger partial charge in [0.05, 0.1) is 11.7 Å². The molecule has 6 heteroatoms. The van der Waals surface area contributed by atoms with Crippen LogP contribution in [0.4, 0.5) is 0 Å². The maximum atomic E-state index is 13.1. The Balaban J connectivity index is 1.75. The summed E-state index contributed by atoms with van der Waals surface area (Å²) in [4.78, 5) is 17.5. The molecule has 27 heavy (non-hydrogen) atoms. The number of fused-ring (bicyclic) bond motifs is 4. The summed E-state index contributed by atoms with van der Waals surface area (Å²) in [5, 5.41) is 18.6. The van der Waals surface area contributed by atoms with Gasteiger partial charge in [-0.1, -0.05) is 0 Å². The van der Waals surface area contributed by atoms with Gasteiger partial charge in [-0.25, -0.2) is 0 Å². The minimum atomic E-state index is -0.742. The molecule has 1 aromatic carbocycles. The van der Waals surface area contributed by atoms with Gasteiger partial charge in [0.2, 0.25) is 0 Å². The third-order valence-corrected chi connectivity index (χ3v) is 5.06. The van der Waals surface area contributed by atoms with Gasteiger partial charge < -0.3 is 19.4 Å². The molecule has 0 saturated heterocycles. The molecule has 1 aliphatic carbocycles. The highest BCUT2D eigenvalue weighted by molar-refractivity contribution is 6.18. The maximum absolute atomic E-state index is 13.1. The minimum absolute atomic E-state index is 0.0769. The fraction of sp³-hybridized carbons (Fsp3) is 0.333. The molecule has 3 aromatic rings. The fourth-order valence-corrected chi connectivity index (χ4v) is 3.59. The van der Waals surface area contributed by atoms with Crippen LogP contribution in [0, 0.1) is 0 Å². The van der Waals surface area contributed by atoms with E-state index >= 15 is 0 Å². The number of carbonyl (C=O) groups excluding carboxylic acids is 1. The lowest BCUT2D eigenvalue weighted by atomic mass is 9.72. The van der Waals surface area contributed by atoms with Crippen LogP contribution in [0.5, 0.6) is 5.75 Å². The molecule has 2 aromatic heterocycles. The molecule has 1 atom stereocenters. The van der Waals surface area contributed by atoms with Crippen LogP contribution in [0.1, 0.15) is 47.5 Å². The van der Waals surface area contributed by atoms with Crippen LogP contribution in [0.3, 0.4) is 0 Å². The predicted molar refractivity (Wildman–Crippen MR) is 99.2 cm³/mol. The number of benzene rings is 1. The second-order valence-electron chi connectivity index (χ2n) is 7.29. The lowest BCUT2D eigenvalue weighted by Gasteiger charge is -2.30. The van der Waals surface area contributed by atoms with E-state index in [9.17, 15) is 9.90 Å². The van der Waals surface area contributed by atoms with E-state index in [2.05, 4.69) is 4.98 Å². The Kier molecular flexibility index (Phi) is 4.25. The second kappa shape index (κ2) is 6.48. The molecule has 0 aliphatic heterocycles. The highest BCUT2D eigenvalue weighted by atomic mass is 16.5. The molecule has 0 amide bonds. The monoisotopic (exact) mass is 367 g/mol. The Labute approximate surface area is 156 Å². The van der Waals surface area contributed by atoms with Crippen LogP contribution in [-0.4, -0.2) is 40.3 Å². The Bertz CT molecular complexity index is 1020. The number of ketones is 1. The summed E-state index contributed by atoms with van der Waals surface area (Å²) in [6.45, 7) is 3.99. The zero-order chi connectivity index (χ0) is 19.2. The Morgan fingerprint density at radius 3 is 2.89 bits per heavy atom. The van der Waals surface area contributed by atoms with Crippen molar-refractivity contribution in [2.45, 2.75) is 31.8 Å². The lowest BCUT2D eigenvalue weighted by Crippen LogP contribution is -2.29. The zero-order valence-corrected chi connectivity index (χ0v) is 15.2. The first-order valence-corrected chi connectivity index (χ1v) is 8.92. The molecule has 6 nitrogen and oxygen atoms in total. The Morgan fingerprint density at radius 1 is 1.30 bits per heavy atom. The first-order chi connectivity index (χ1) is 12.9. The molecule has 0 radical (unpaired) electrons. The molecule has 1 aliphatic rings. The summed E-state index contributed by atoms with van der Waals surface area (Å²) >= 11 is 0. The molecule has 0 unspecified atom stereocenters. The molecule has 0 saturated carbocycles. The number of aliphatic hydroxyl groups excluding tert-OH is 2. The maximum Gasteiger partial charge on any atom is 0.199 e. The van der Waals surface area contributed by atoms with Crippen molar-refractivity contribution in [3.05, 3.63) is 59.0 Å². The van der Waals surface area contributed by atoms with Gasteiger partial charge in [0, 0.05) is 23.8 Å². The van der Waals surface area contributed by atoms with E-state index in [-0.39, 0.29) is 25.4 Å². The van der Waals surface area contributed by atoms with E-state index in [1.807, 2.05) is 26.0 Å². The third-order valence-electron chi connectivity index (χ3n) is 5.06. The van der Waals surface area contributed by atoms with Gasteiger partial charge in [-0.15, -0.1) is 0 Å². The summed E-state index contributed by atoms with van der Waals surface area (Å²) in [6, 6.07) is 8.89. The number of aliphatic hydroxyl groups is 2. The highest BCUT2D eigenvalue weighted by Crippen LogP contribution is 2.45. The first-order valence-electron chi connectivity index (χ1n) is 8.92. The number of rotatable bonds is 5. The van der Waals surface area contributed by atoms with Crippen molar-refractivity contribution in [1.29, 1.82) is 0 Å². The summed E-state index contributed by atoms with van der Waals surface area (Å²) in [5.74, 6) is 1.05. The Morgan fingerprint density at radius 2 is 2.11 bits per heavy atom. The topological polar surface area (TPSA) is 92.8 Å². The summed E-state index contributed by atoms with van der Waals surface area (Å²) < 4.78 is 11.7. The number of nitrogens with zero attached hydrogens (tertiary/aromatic N) is 1. The average Bonchev–Trinajstić information content (AvgIpc) is 3.06. The smallest absolute Gasteiger partial charge is 0.199 e. The molecule has 140 valence electrons. The molecule has 2 N–H and O–H groups in total. The molecular weight excluding hydrogens is 346 g/mol. The normalized spacial score (nSPS) is 16.1. The zero-order valence-electron chi connectivity index (χ0n) is 15.2. The average molecular weight is 367 g/mol. The van der Waals surface area contributed by atoms with Gasteiger partial charge in [-0.3, -0.25) is 9.78 Å². The van der Waals surface area contributed by atoms with Gasteiger partial charge in [0.15, 0.2) is 11.4 Å². The van der Waals surface area contributed by atoms with E-state index in [4.69, 9.17) is 14.3 Å². The van der Waals surface area contributed by atoms with E-state index < -0.39 is 11.5 Å². The fourth-order valence-electron chi connectivity index (χ4n) is 3.59. The molecular formula is C21H21NO5. The van der Waals surface area contributed by atoms with E-state index in [1.165, 1.54) is 0 Å². The third kappa shape index (κ3) is 2.81. The SMILES string of the molecule is CC1(C)c2cc(OC[C@@H](O)CCO)ccc2C(=O)c2c1oc1cccnc21. The van der Waals surface area contributed by atoms with E-state index in [1.54, 1.807) is 24.4 Å². The number of hydrogen-bond donors (Lipinski definition) is 2. The van der Waals surface area contributed by atoms with Gasteiger partial charge in [-0.05, 0) is 56.2 Å². The number of ether oxygens (including phenoxy) is 1. The standard InChI is InChI=1S/C21H21NO5/c1-21(2)15-10-13(26-11-12(24)7-9-23)5-6-14(15)19(25)17-18-16(27-20(17)21)4-3-8-22-18/h3-6,8,10,12,23-24H,7,9,11H2,1-2H3/t12-/m0/s1. The summed E-state index contributed by atoms with van der Waals surface area (Å²) in [5.41, 5.74) is 2.58. The summed E-state index contributed by atoms with van der Waals surface area (Å²) in [7, 11) is 0. The number of hydrogen-bond acceptors (Lipinski definition) is 6. The van der Waals surface area contributed by atoms with E-state index in [0.717, 1.165) is 5.56 Å². The van der Waals surface area contributed by atoms with E-state index in [0.29, 0.717) is 33.7 Å². The van der Waals surface area contributed by atoms with Crippen molar-refractivity contribution in [3.8, 4) is 5.75 Å². The van der Waals surface area contributed by atoms with Gasteiger partial charge in [-0.2, -0.15) is 0 Å². The molecule has 4 rings (SSSR count). The van der Waals surface area contributed by atoms with Gasteiger partial charge in [0.1, 0.15) is 23.6 Å².